The van der Waals surface area contributed by atoms with Crippen molar-refractivity contribution in [2.45, 2.75) is 26.8 Å². The number of carbonyl (C=O) groups excluding carboxylic acids is 1. The van der Waals surface area contributed by atoms with Crippen molar-refractivity contribution in [2.75, 3.05) is 7.11 Å². The Morgan fingerprint density at radius 3 is 2.50 bits per heavy atom. The second-order valence-electron chi connectivity index (χ2n) is 4.90. The third-order valence-corrected chi connectivity index (χ3v) is 3.26. The summed E-state index contributed by atoms with van der Waals surface area (Å²) in [6.07, 6.45) is 0.381. The summed E-state index contributed by atoms with van der Waals surface area (Å²) in [5.74, 6) is 0.820. The van der Waals surface area contributed by atoms with Crippen molar-refractivity contribution in [3.63, 3.8) is 0 Å². The molecule has 4 heteroatoms. The van der Waals surface area contributed by atoms with E-state index in [1.165, 1.54) is 0 Å². The van der Waals surface area contributed by atoms with Crippen LogP contribution in [0.3, 0.4) is 0 Å². The lowest BCUT2D eigenvalue weighted by Gasteiger charge is -2.06. The number of aromatic amines is 1. The number of amides is 1. The van der Waals surface area contributed by atoms with E-state index >= 15 is 0 Å². The molecule has 0 unspecified atom stereocenters. The van der Waals surface area contributed by atoms with Crippen LogP contribution in [-0.2, 0) is 17.8 Å². The standard InChI is InChI=1S/C16H20N2O2/c1-11-8-14(12(2)18-11)10-17-16(19)9-13-4-6-15(20-3)7-5-13/h4-8,18H,9-10H2,1-3H3,(H,17,19). The topological polar surface area (TPSA) is 54.1 Å². The zero-order valence-electron chi connectivity index (χ0n) is 12.1. The number of hydrogen-bond donors (Lipinski definition) is 2. The summed E-state index contributed by atoms with van der Waals surface area (Å²) in [5, 5.41) is 2.94. The Morgan fingerprint density at radius 1 is 1.25 bits per heavy atom. The molecule has 2 aromatic rings. The highest BCUT2D eigenvalue weighted by atomic mass is 16.5. The maximum atomic E-state index is 11.9. The third-order valence-electron chi connectivity index (χ3n) is 3.26. The minimum atomic E-state index is 0.0217. The van der Waals surface area contributed by atoms with Gasteiger partial charge in [-0.05, 0) is 43.2 Å². The summed E-state index contributed by atoms with van der Waals surface area (Å²) in [6, 6.07) is 9.60. The lowest BCUT2D eigenvalue weighted by Crippen LogP contribution is -2.24. The fraction of sp³-hybridized carbons (Fsp3) is 0.312. The number of rotatable bonds is 5. The molecule has 2 N–H and O–H groups in total. The molecule has 2 rings (SSSR count). The van der Waals surface area contributed by atoms with E-state index in [-0.39, 0.29) is 5.91 Å². The van der Waals surface area contributed by atoms with Crippen molar-refractivity contribution >= 4 is 5.91 Å². The molecule has 1 aromatic carbocycles. The molecular weight excluding hydrogens is 252 g/mol. The first-order chi connectivity index (χ1) is 9.58. The predicted octanol–water partition coefficient (Wildman–Crippen LogP) is 2.50. The monoisotopic (exact) mass is 272 g/mol. The number of hydrogen-bond acceptors (Lipinski definition) is 2. The molecule has 0 aliphatic carbocycles. The number of benzene rings is 1. The quantitative estimate of drug-likeness (QED) is 0.878. The first kappa shape index (κ1) is 14.2. The molecule has 1 heterocycles. The van der Waals surface area contributed by atoms with Crippen LogP contribution in [0.4, 0.5) is 0 Å². The van der Waals surface area contributed by atoms with Gasteiger partial charge in [-0.3, -0.25) is 4.79 Å². The van der Waals surface area contributed by atoms with Gasteiger partial charge in [-0.1, -0.05) is 12.1 Å². The van der Waals surface area contributed by atoms with Crippen molar-refractivity contribution in [3.05, 3.63) is 52.8 Å². The van der Waals surface area contributed by atoms with E-state index in [0.717, 1.165) is 28.3 Å². The Labute approximate surface area is 119 Å². The molecule has 106 valence electrons. The van der Waals surface area contributed by atoms with Crippen LogP contribution in [0.5, 0.6) is 5.75 Å². The van der Waals surface area contributed by atoms with Gasteiger partial charge in [-0.2, -0.15) is 0 Å². The van der Waals surface area contributed by atoms with E-state index in [1.807, 2.05) is 38.1 Å². The average molecular weight is 272 g/mol. The normalized spacial score (nSPS) is 10.3. The molecule has 0 spiro atoms. The SMILES string of the molecule is COc1ccc(CC(=O)NCc2cc(C)[nH]c2C)cc1. The maximum Gasteiger partial charge on any atom is 0.224 e. The molecule has 20 heavy (non-hydrogen) atoms. The third kappa shape index (κ3) is 3.63. The van der Waals surface area contributed by atoms with Crippen molar-refractivity contribution in [2.24, 2.45) is 0 Å². The van der Waals surface area contributed by atoms with Crippen molar-refractivity contribution in [1.29, 1.82) is 0 Å². The molecule has 0 saturated heterocycles. The van der Waals surface area contributed by atoms with Gasteiger partial charge in [0.15, 0.2) is 0 Å². The number of methoxy groups -OCH3 is 1. The Kier molecular flexibility index (Phi) is 4.45. The van der Waals surface area contributed by atoms with Crippen LogP contribution in [-0.4, -0.2) is 18.0 Å². The lowest BCUT2D eigenvalue weighted by atomic mass is 10.1. The highest BCUT2D eigenvalue weighted by Gasteiger charge is 2.06. The number of aromatic nitrogens is 1. The average Bonchev–Trinajstić information content (AvgIpc) is 2.75. The summed E-state index contributed by atoms with van der Waals surface area (Å²) in [5.41, 5.74) is 4.32. The molecule has 0 radical (unpaired) electrons. The van der Waals surface area contributed by atoms with Crippen LogP contribution < -0.4 is 10.1 Å². The second-order valence-corrected chi connectivity index (χ2v) is 4.90. The zero-order valence-corrected chi connectivity index (χ0v) is 12.1. The summed E-state index contributed by atoms with van der Waals surface area (Å²) in [4.78, 5) is 15.1. The molecule has 0 atom stereocenters. The van der Waals surface area contributed by atoms with Gasteiger partial charge in [0, 0.05) is 17.9 Å². The molecule has 0 fully saturated rings. The summed E-state index contributed by atoms with van der Waals surface area (Å²) >= 11 is 0. The molecular formula is C16H20N2O2. The molecule has 1 amide bonds. The van der Waals surface area contributed by atoms with Crippen LogP contribution in [0, 0.1) is 13.8 Å². The summed E-state index contributed by atoms with van der Waals surface area (Å²) in [6.45, 7) is 4.58. The Hall–Kier alpha value is -2.23. The first-order valence-electron chi connectivity index (χ1n) is 6.63. The van der Waals surface area contributed by atoms with E-state index in [1.54, 1.807) is 7.11 Å². The zero-order chi connectivity index (χ0) is 14.5. The van der Waals surface area contributed by atoms with Crippen molar-refractivity contribution < 1.29 is 9.53 Å². The van der Waals surface area contributed by atoms with Crippen LogP contribution in [0.1, 0.15) is 22.5 Å². The number of ether oxygens (including phenoxy) is 1. The number of carbonyl (C=O) groups is 1. The van der Waals surface area contributed by atoms with E-state index in [2.05, 4.69) is 16.4 Å². The van der Waals surface area contributed by atoms with Gasteiger partial charge in [0.1, 0.15) is 5.75 Å². The van der Waals surface area contributed by atoms with Gasteiger partial charge in [-0.25, -0.2) is 0 Å². The van der Waals surface area contributed by atoms with Crippen LogP contribution >= 0.6 is 0 Å². The van der Waals surface area contributed by atoms with E-state index in [0.29, 0.717) is 13.0 Å². The van der Waals surface area contributed by atoms with Crippen LogP contribution in [0.15, 0.2) is 30.3 Å². The Balaban J connectivity index is 1.87. The van der Waals surface area contributed by atoms with Crippen molar-refractivity contribution in [1.82, 2.24) is 10.3 Å². The number of nitrogens with one attached hydrogen (secondary N) is 2. The number of H-pyrrole nitrogens is 1. The minimum Gasteiger partial charge on any atom is -0.497 e. The van der Waals surface area contributed by atoms with Crippen LogP contribution in [0.25, 0.3) is 0 Å². The van der Waals surface area contributed by atoms with Crippen molar-refractivity contribution in [3.8, 4) is 5.75 Å². The highest BCUT2D eigenvalue weighted by molar-refractivity contribution is 5.78. The lowest BCUT2D eigenvalue weighted by molar-refractivity contribution is -0.120. The second kappa shape index (κ2) is 6.28. The molecule has 0 bridgehead atoms. The molecule has 1 aromatic heterocycles. The maximum absolute atomic E-state index is 11.9. The Morgan fingerprint density at radius 2 is 1.95 bits per heavy atom. The highest BCUT2D eigenvalue weighted by Crippen LogP contribution is 2.12. The molecule has 0 aliphatic rings. The van der Waals surface area contributed by atoms with E-state index in [4.69, 9.17) is 4.74 Å². The number of aryl methyl sites for hydroxylation is 2. The van der Waals surface area contributed by atoms with Gasteiger partial charge in [0.2, 0.25) is 5.91 Å². The van der Waals surface area contributed by atoms with Crippen LogP contribution in [0.2, 0.25) is 0 Å². The van der Waals surface area contributed by atoms with Gasteiger partial charge in [-0.15, -0.1) is 0 Å². The largest absolute Gasteiger partial charge is 0.497 e. The predicted molar refractivity (Wildman–Crippen MR) is 78.8 cm³/mol. The van der Waals surface area contributed by atoms with Gasteiger partial charge in [0.05, 0.1) is 13.5 Å². The van der Waals surface area contributed by atoms with Gasteiger partial charge in [0.25, 0.3) is 0 Å². The first-order valence-corrected chi connectivity index (χ1v) is 6.63. The summed E-state index contributed by atoms with van der Waals surface area (Å²) < 4.78 is 5.09. The van der Waals surface area contributed by atoms with E-state index in [9.17, 15) is 4.79 Å². The molecule has 0 aliphatic heterocycles. The fourth-order valence-corrected chi connectivity index (χ4v) is 2.15. The van der Waals surface area contributed by atoms with Gasteiger partial charge < -0.3 is 15.0 Å². The molecule has 0 saturated carbocycles. The van der Waals surface area contributed by atoms with Gasteiger partial charge >= 0.3 is 0 Å². The summed E-state index contributed by atoms with van der Waals surface area (Å²) in [7, 11) is 1.63. The Bertz CT molecular complexity index is 585. The van der Waals surface area contributed by atoms with E-state index < -0.39 is 0 Å². The molecule has 4 nitrogen and oxygen atoms in total. The fourth-order valence-electron chi connectivity index (χ4n) is 2.15. The minimum absolute atomic E-state index is 0.0217. The smallest absolute Gasteiger partial charge is 0.224 e.